The van der Waals surface area contributed by atoms with Gasteiger partial charge in [-0.1, -0.05) is 12.1 Å². The third-order valence-corrected chi connectivity index (χ3v) is 4.72. The highest BCUT2D eigenvalue weighted by Crippen LogP contribution is 2.24. The normalized spacial score (nSPS) is 16.5. The second-order valence-corrected chi connectivity index (χ2v) is 6.32. The number of methoxy groups -OCH3 is 1. The fraction of sp³-hybridized carbons (Fsp3) is 0.421. The Morgan fingerprint density at radius 2 is 2.12 bits per heavy atom. The van der Waals surface area contributed by atoms with E-state index < -0.39 is 0 Å². The Balaban J connectivity index is 1.56. The summed E-state index contributed by atoms with van der Waals surface area (Å²) < 4.78 is 5.34. The van der Waals surface area contributed by atoms with Gasteiger partial charge in [-0.05, 0) is 37.5 Å². The number of piperidine rings is 1. The molecule has 2 aromatic rings. The van der Waals surface area contributed by atoms with Gasteiger partial charge in [0.25, 0.3) is 0 Å². The van der Waals surface area contributed by atoms with Gasteiger partial charge in [-0.15, -0.1) is 0 Å². The van der Waals surface area contributed by atoms with Crippen LogP contribution in [0.25, 0.3) is 0 Å². The number of aromatic nitrogens is 2. The van der Waals surface area contributed by atoms with Gasteiger partial charge in [0, 0.05) is 44.2 Å². The molecule has 1 N–H and O–H groups in total. The summed E-state index contributed by atoms with van der Waals surface area (Å²) >= 11 is 0. The van der Waals surface area contributed by atoms with Gasteiger partial charge in [0.05, 0.1) is 12.3 Å². The first-order valence-corrected chi connectivity index (χ1v) is 8.62. The number of carbonyl (C=O) groups excluding carboxylic acids is 1. The maximum Gasteiger partial charge on any atom is 0.227 e. The largest absolute Gasteiger partial charge is 0.377 e. The van der Waals surface area contributed by atoms with Crippen LogP contribution in [0, 0.1) is 5.92 Å². The zero-order chi connectivity index (χ0) is 17.6. The van der Waals surface area contributed by atoms with Crippen molar-refractivity contribution in [3.63, 3.8) is 0 Å². The molecule has 0 radical (unpaired) electrons. The maximum atomic E-state index is 12.6. The van der Waals surface area contributed by atoms with Gasteiger partial charge in [0.2, 0.25) is 5.91 Å². The van der Waals surface area contributed by atoms with E-state index in [1.54, 1.807) is 25.7 Å². The number of benzene rings is 1. The minimum absolute atomic E-state index is 0.00655. The Bertz CT molecular complexity index is 700. The van der Waals surface area contributed by atoms with E-state index >= 15 is 0 Å². The second-order valence-electron chi connectivity index (χ2n) is 6.32. The Morgan fingerprint density at radius 1 is 1.32 bits per heavy atom. The molecule has 1 fully saturated rings. The van der Waals surface area contributed by atoms with Crippen LogP contribution >= 0.6 is 0 Å². The molecule has 1 aromatic heterocycles. The summed E-state index contributed by atoms with van der Waals surface area (Å²) in [6.45, 7) is 3.62. The lowest BCUT2D eigenvalue weighted by atomic mass is 9.95. The van der Waals surface area contributed by atoms with Crippen LogP contribution in [0.4, 0.5) is 11.5 Å². The van der Waals surface area contributed by atoms with Crippen molar-refractivity contribution in [2.24, 2.45) is 5.92 Å². The summed E-state index contributed by atoms with van der Waals surface area (Å²) in [5.74, 6) is 0.986. The molecule has 1 atom stereocenters. The van der Waals surface area contributed by atoms with Crippen molar-refractivity contribution in [3.05, 3.63) is 48.4 Å². The minimum atomic E-state index is 0.00655. The molecule has 0 saturated carbocycles. The number of rotatable bonds is 5. The summed E-state index contributed by atoms with van der Waals surface area (Å²) in [5, 5.41) is 3.04. The van der Waals surface area contributed by atoms with Gasteiger partial charge in [-0.3, -0.25) is 9.78 Å². The lowest BCUT2D eigenvalue weighted by Crippen LogP contribution is -2.38. The third-order valence-electron chi connectivity index (χ3n) is 4.72. The van der Waals surface area contributed by atoms with E-state index in [2.05, 4.69) is 20.2 Å². The molecule has 1 aromatic carbocycles. The Morgan fingerprint density at radius 3 is 2.80 bits per heavy atom. The zero-order valence-electron chi connectivity index (χ0n) is 14.7. The molecular formula is C19H24N4O2. The molecule has 1 saturated heterocycles. The predicted molar refractivity (Wildman–Crippen MR) is 97.5 cm³/mol. The van der Waals surface area contributed by atoms with Crippen LogP contribution in [-0.4, -0.2) is 36.1 Å². The molecule has 0 aliphatic carbocycles. The van der Waals surface area contributed by atoms with Crippen molar-refractivity contribution >= 4 is 17.4 Å². The van der Waals surface area contributed by atoms with Crippen LogP contribution in [0.15, 0.2) is 42.9 Å². The molecule has 0 bridgehead atoms. The van der Waals surface area contributed by atoms with Crippen LogP contribution in [0.1, 0.15) is 31.4 Å². The van der Waals surface area contributed by atoms with Gasteiger partial charge < -0.3 is 15.0 Å². The van der Waals surface area contributed by atoms with Gasteiger partial charge >= 0.3 is 0 Å². The van der Waals surface area contributed by atoms with Crippen molar-refractivity contribution in [2.75, 3.05) is 30.4 Å². The fourth-order valence-corrected chi connectivity index (χ4v) is 3.07. The zero-order valence-corrected chi connectivity index (χ0v) is 14.7. The predicted octanol–water partition coefficient (Wildman–Crippen LogP) is 3.04. The summed E-state index contributed by atoms with van der Waals surface area (Å²) in [4.78, 5) is 23.2. The quantitative estimate of drug-likeness (QED) is 0.906. The molecule has 1 aliphatic rings. The molecule has 6 heteroatoms. The Labute approximate surface area is 148 Å². The smallest absolute Gasteiger partial charge is 0.227 e. The molecular weight excluding hydrogens is 316 g/mol. The van der Waals surface area contributed by atoms with E-state index in [1.807, 2.05) is 31.2 Å². The molecule has 132 valence electrons. The Kier molecular flexibility index (Phi) is 5.60. The van der Waals surface area contributed by atoms with Gasteiger partial charge in [0.1, 0.15) is 5.82 Å². The first-order chi connectivity index (χ1) is 12.2. The maximum absolute atomic E-state index is 12.6. The molecule has 1 aliphatic heterocycles. The Hall–Kier alpha value is -2.47. The SMILES string of the molecule is CO[C@H](C)c1cccc(NC(=O)C2CCN(c3cnccn3)CC2)c1. The van der Waals surface area contributed by atoms with Crippen molar-refractivity contribution in [3.8, 4) is 0 Å². The molecule has 0 spiro atoms. The molecule has 6 nitrogen and oxygen atoms in total. The van der Waals surface area contributed by atoms with E-state index in [1.165, 1.54) is 0 Å². The van der Waals surface area contributed by atoms with Crippen LogP contribution in [0.5, 0.6) is 0 Å². The molecule has 25 heavy (non-hydrogen) atoms. The van der Waals surface area contributed by atoms with Gasteiger partial charge in [-0.25, -0.2) is 4.98 Å². The van der Waals surface area contributed by atoms with Gasteiger partial charge in [0.15, 0.2) is 0 Å². The fourth-order valence-electron chi connectivity index (χ4n) is 3.07. The van der Waals surface area contributed by atoms with Crippen molar-refractivity contribution in [2.45, 2.75) is 25.9 Å². The molecule has 2 heterocycles. The monoisotopic (exact) mass is 340 g/mol. The van der Waals surface area contributed by atoms with E-state index in [0.717, 1.165) is 43.0 Å². The average Bonchev–Trinajstić information content (AvgIpc) is 2.68. The highest BCUT2D eigenvalue weighted by Gasteiger charge is 2.25. The van der Waals surface area contributed by atoms with Crippen LogP contribution in [0.3, 0.4) is 0 Å². The van der Waals surface area contributed by atoms with Crippen molar-refractivity contribution in [1.82, 2.24) is 9.97 Å². The molecule has 0 unspecified atom stereocenters. The number of ether oxygens (including phenoxy) is 1. The second kappa shape index (κ2) is 8.07. The summed E-state index contributed by atoms with van der Waals surface area (Å²) in [7, 11) is 1.68. The number of nitrogens with one attached hydrogen (secondary N) is 1. The lowest BCUT2D eigenvalue weighted by molar-refractivity contribution is -0.120. The summed E-state index contributed by atoms with van der Waals surface area (Å²) in [5.41, 5.74) is 1.88. The number of hydrogen-bond acceptors (Lipinski definition) is 5. The van der Waals surface area contributed by atoms with Crippen LogP contribution in [-0.2, 0) is 9.53 Å². The number of amides is 1. The third kappa shape index (κ3) is 4.33. The highest BCUT2D eigenvalue weighted by atomic mass is 16.5. The van der Waals surface area contributed by atoms with Crippen molar-refractivity contribution in [1.29, 1.82) is 0 Å². The number of nitrogens with zero attached hydrogens (tertiary/aromatic N) is 3. The number of carbonyl (C=O) groups is 1. The lowest BCUT2D eigenvalue weighted by Gasteiger charge is -2.31. The number of anilines is 2. The standard InChI is InChI=1S/C19H24N4O2/c1-14(25-2)16-4-3-5-17(12-16)22-19(24)15-6-10-23(11-7-15)18-13-20-8-9-21-18/h3-5,8-9,12-15H,6-7,10-11H2,1-2H3,(H,22,24)/t14-/m1/s1. The van der Waals surface area contributed by atoms with Crippen molar-refractivity contribution < 1.29 is 9.53 Å². The van der Waals surface area contributed by atoms with E-state index in [-0.39, 0.29) is 17.9 Å². The molecule has 1 amide bonds. The first kappa shape index (κ1) is 17.4. The topological polar surface area (TPSA) is 67.3 Å². The summed E-state index contributed by atoms with van der Waals surface area (Å²) in [6.07, 6.45) is 6.77. The average molecular weight is 340 g/mol. The first-order valence-electron chi connectivity index (χ1n) is 8.62. The van der Waals surface area contributed by atoms with Gasteiger partial charge in [-0.2, -0.15) is 0 Å². The van der Waals surface area contributed by atoms with E-state index in [9.17, 15) is 4.79 Å². The summed E-state index contributed by atoms with van der Waals surface area (Å²) in [6, 6.07) is 7.83. The van der Waals surface area contributed by atoms with Crippen LogP contribution in [0.2, 0.25) is 0 Å². The highest BCUT2D eigenvalue weighted by molar-refractivity contribution is 5.92. The molecule has 3 rings (SSSR count). The van der Waals surface area contributed by atoms with E-state index in [4.69, 9.17) is 4.74 Å². The van der Waals surface area contributed by atoms with Crippen LogP contribution < -0.4 is 10.2 Å². The minimum Gasteiger partial charge on any atom is -0.377 e. The number of hydrogen-bond donors (Lipinski definition) is 1. The van der Waals surface area contributed by atoms with E-state index in [0.29, 0.717) is 0 Å².